The number of esters is 1. The molecule has 32 heavy (non-hydrogen) atoms. The van der Waals surface area contributed by atoms with E-state index in [4.69, 9.17) is 4.74 Å². The maximum Gasteiger partial charge on any atom is 0.337 e. The molecule has 0 bridgehead atoms. The molecule has 0 fully saturated rings. The SMILES string of the molecule is CCCN1C(=O)NC(c2ccc(NC(=O)CSc3ccccc3)cc2)C(C(=O)OC)=C1C. The zero-order chi connectivity index (χ0) is 23.1. The number of nitrogens with zero attached hydrogens (tertiary/aromatic N) is 1. The van der Waals surface area contributed by atoms with Crippen LogP contribution >= 0.6 is 11.8 Å². The third-order valence-corrected chi connectivity index (χ3v) is 6.10. The quantitative estimate of drug-likeness (QED) is 0.459. The Kier molecular flexibility index (Phi) is 7.94. The zero-order valence-corrected chi connectivity index (χ0v) is 19.2. The monoisotopic (exact) mass is 453 g/mol. The number of amides is 3. The van der Waals surface area contributed by atoms with Crippen LogP contribution in [0.15, 0.2) is 70.8 Å². The predicted molar refractivity (Wildman–Crippen MR) is 125 cm³/mol. The highest BCUT2D eigenvalue weighted by molar-refractivity contribution is 8.00. The highest BCUT2D eigenvalue weighted by Crippen LogP contribution is 2.32. The molecule has 0 spiro atoms. The number of carbonyl (C=O) groups is 3. The molecule has 0 saturated heterocycles. The van der Waals surface area contributed by atoms with Gasteiger partial charge in [0.15, 0.2) is 0 Å². The Morgan fingerprint density at radius 2 is 1.81 bits per heavy atom. The largest absolute Gasteiger partial charge is 0.466 e. The Bertz CT molecular complexity index is 1010. The number of hydrogen-bond donors (Lipinski definition) is 2. The van der Waals surface area contributed by atoms with Gasteiger partial charge >= 0.3 is 12.0 Å². The van der Waals surface area contributed by atoms with Crippen molar-refractivity contribution in [3.63, 3.8) is 0 Å². The van der Waals surface area contributed by atoms with Crippen LogP contribution in [0.1, 0.15) is 31.9 Å². The van der Waals surface area contributed by atoms with Crippen LogP contribution in [0.4, 0.5) is 10.5 Å². The van der Waals surface area contributed by atoms with Crippen molar-refractivity contribution < 1.29 is 19.1 Å². The number of nitrogens with one attached hydrogen (secondary N) is 2. The molecule has 1 aliphatic rings. The molecule has 3 amide bonds. The molecule has 2 aromatic rings. The lowest BCUT2D eigenvalue weighted by Gasteiger charge is -2.35. The Hall–Kier alpha value is -3.26. The van der Waals surface area contributed by atoms with E-state index in [-0.39, 0.29) is 11.9 Å². The minimum absolute atomic E-state index is 0.112. The van der Waals surface area contributed by atoms with Crippen molar-refractivity contribution in [2.24, 2.45) is 0 Å². The number of rotatable bonds is 8. The molecule has 0 aromatic heterocycles. The first kappa shape index (κ1) is 23.4. The van der Waals surface area contributed by atoms with E-state index in [0.29, 0.717) is 29.3 Å². The second kappa shape index (κ2) is 10.9. The van der Waals surface area contributed by atoms with Crippen LogP contribution in [0.25, 0.3) is 0 Å². The highest BCUT2D eigenvalue weighted by Gasteiger charge is 2.35. The predicted octanol–water partition coefficient (Wildman–Crippen LogP) is 4.34. The van der Waals surface area contributed by atoms with Gasteiger partial charge < -0.3 is 15.4 Å². The van der Waals surface area contributed by atoms with E-state index in [9.17, 15) is 14.4 Å². The van der Waals surface area contributed by atoms with Gasteiger partial charge in [-0.2, -0.15) is 0 Å². The van der Waals surface area contributed by atoms with Gasteiger partial charge in [0, 0.05) is 22.8 Å². The van der Waals surface area contributed by atoms with E-state index < -0.39 is 12.0 Å². The van der Waals surface area contributed by atoms with Gasteiger partial charge in [-0.05, 0) is 43.2 Å². The molecule has 1 atom stereocenters. The molecule has 1 aliphatic heterocycles. The van der Waals surface area contributed by atoms with Crippen LogP contribution in [0, 0.1) is 0 Å². The van der Waals surface area contributed by atoms with Gasteiger partial charge in [0.05, 0.1) is 24.5 Å². The summed E-state index contributed by atoms with van der Waals surface area (Å²) in [5.74, 6) is -0.297. The highest BCUT2D eigenvalue weighted by atomic mass is 32.2. The lowest BCUT2D eigenvalue weighted by molar-refractivity contribution is -0.136. The van der Waals surface area contributed by atoms with Crippen LogP contribution in [-0.4, -0.2) is 42.2 Å². The van der Waals surface area contributed by atoms with Crippen molar-refractivity contribution in [2.45, 2.75) is 31.2 Å². The first-order chi connectivity index (χ1) is 15.4. The number of benzene rings is 2. The van der Waals surface area contributed by atoms with Crippen molar-refractivity contribution >= 4 is 35.4 Å². The Labute approximate surface area is 192 Å². The molecule has 1 heterocycles. The summed E-state index contributed by atoms with van der Waals surface area (Å²) in [5.41, 5.74) is 2.35. The van der Waals surface area contributed by atoms with E-state index in [1.807, 2.05) is 37.3 Å². The molecule has 1 unspecified atom stereocenters. The van der Waals surface area contributed by atoms with Crippen LogP contribution < -0.4 is 10.6 Å². The zero-order valence-electron chi connectivity index (χ0n) is 18.4. The van der Waals surface area contributed by atoms with Gasteiger partial charge in [0.25, 0.3) is 0 Å². The van der Waals surface area contributed by atoms with E-state index in [2.05, 4.69) is 10.6 Å². The number of allylic oxidation sites excluding steroid dienone is 1. The van der Waals surface area contributed by atoms with Crippen LogP contribution in [0.3, 0.4) is 0 Å². The third-order valence-electron chi connectivity index (χ3n) is 5.09. The normalized spacial score (nSPS) is 15.9. The molecule has 7 nitrogen and oxygen atoms in total. The van der Waals surface area contributed by atoms with E-state index >= 15 is 0 Å². The summed E-state index contributed by atoms with van der Waals surface area (Å²) in [6, 6.07) is 15.9. The summed E-state index contributed by atoms with van der Waals surface area (Å²) in [6.45, 7) is 4.24. The fraction of sp³-hybridized carbons (Fsp3) is 0.292. The van der Waals surface area contributed by atoms with Crippen LogP contribution in [0.5, 0.6) is 0 Å². The van der Waals surface area contributed by atoms with Gasteiger partial charge in [-0.15, -0.1) is 11.8 Å². The molecular weight excluding hydrogens is 426 g/mol. The van der Waals surface area contributed by atoms with Gasteiger partial charge in [0.1, 0.15) is 0 Å². The lowest BCUT2D eigenvalue weighted by atomic mass is 9.94. The summed E-state index contributed by atoms with van der Waals surface area (Å²) >= 11 is 1.46. The second-order valence-corrected chi connectivity index (χ2v) is 8.35. The van der Waals surface area contributed by atoms with Gasteiger partial charge in [-0.25, -0.2) is 9.59 Å². The number of thioether (sulfide) groups is 1. The maximum atomic E-state index is 12.6. The smallest absolute Gasteiger partial charge is 0.337 e. The second-order valence-electron chi connectivity index (χ2n) is 7.30. The first-order valence-corrected chi connectivity index (χ1v) is 11.4. The topological polar surface area (TPSA) is 87.7 Å². The average Bonchev–Trinajstić information content (AvgIpc) is 2.81. The molecule has 8 heteroatoms. The number of methoxy groups -OCH3 is 1. The molecule has 168 valence electrons. The van der Waals surface area contributed by atoms with Crippen molar-refractivity contribution in [3.05, 3.63) is 71.4 Å². The van der Waals surface area contributed by atoms with E-state index in [1.54, 1.807) is 36.1 Å². The number of ether oxygens (including phenoxy) is 1. The third kappa shape index (κ3) is 5.50. The van der Waals surface area contributed by atoms with Gasteiger partial charge in [-0.1, -0.05) is 37.3 Å². The fourth-order valence-electron chi connectivity index (χ4n) is 3.52. The minimum atomic E-state index is -0.624. The summed E-state index contributed by atoms with van der Waals surface area (Å²) in [6.07, 6.45) is 0.765. The van der Waals surface area contributed by atoms with Crippen molar-refractivity contribution in [1.82, 2.24) is 10.2 Å². The van der Waals surface area contributed by atoms with E-state index in [0.717, 1.165) is 16.9 Å². The summed E-state index contributed by atoms with van der Waals surface area (Å²) in [4.78, 5) is 40.0. The minimum Gasteiger partial charge on any atom is -0.466 e. The van der Waals surface area contributed by atoms with Crippen molar-refractivity contribution in [2.75, 3.05) is 24.7 Å². The summed E-state index contributed by atoms with van der Waals surface area (Å²) < 4.78 is 4.98. The molecule has 2 aromatic carbocycles. The number of urea groups is 1. The summed E-state index contributed by atoms with van der Waals surface area (Å²) in [7, 11) is 1.33. The number of hydrogen-bond acceptors (Lipinski definition) is 5. The Morgan fingerprint density at radius 1 is 1.12 bits per heavy atom. The lowest BCUT2D eigenvalue weighted by Crippen LogP contribution is -2.48. The van der Waals surface area contributed by atoms with Gasteiger partial charge in [0.2, 0.25) is 5.91 Å². The van der Waals surface area contributed by atoms with E-state index in [1.165, 1.54) is 18.9 Å². The molecule has 0 saturated carbocycles. The number of anilines is 1. The average molecular weight is 454 g/mol. The Morgan fingerprint density at radius 3 is 2.44 bits per heavy atom. The summed E-state index contributed by atoms with van der Waals surface area (Å²) in [5, 5.41) is 5.77. The number of carbonyl (C=O) groups excluding carboxylic acids is 3. The molecular formula is C24H27N3O4S. The molecule has 0 radical (unpaired) electrons. The molecule has 2 N–H and O–H groups in total. The van der Waals surface area contributed by atoms with Crippen LogP contribution in [-0.2, 0) is 14.3 Å². The maximum absolute atomic E-state index is 12.6. The van der Waals surface area contributed by atoms with Crippen molar-refractivity contribution in [3.8, 4) is 0 Å². The Balaban J connectivity index is 1.73. The van der Waals surface area contributed by atoms with Gasteiger partial charge in [-0.3, -0.25) is 9.69 Å². The molecule has 3 rings (SSSR count). The standard InChI is InChI=1S/C24H27N3O4S/c1-4-14-27-16(2)21(23(29)31-3)22(26-24(27)30)17-10-12-18(13-11-17)25-20(28)15-32-19-8-6-5-7-9-19/h5-13,22H,4,14-15H2,1-3H3,(H,25,28)(H,26,30). The first-order valence-electron chi connectivity index (χ1n) is 10.4. The fourth-order valence-corrected chi connectivity index (χ4v) is 4.24. The van der Waals surface area contributed by atoms with Crippen LogP contribution in [0.2, 0.25) is 0 Å². The molecule has 0 aliphatic carbocycles. The van der Waals surface area contributed by atoms with Crippen molar-refractivity contribution in [1.29, 1.82) is 0 Å².